The number of rotatable bonds is 3. The van der Waals surface area contributed by atoms with E-state index in [1.54, 1.807) is 35.5 Å². The third-order valence-corrected chi connectivity index (χ3v) is 4.05. The molecule has 1 aliphatic heterocycles. The monoisotopic (exact) mass is 330 g/mol. The Bertz CT molecular complexity index is 776. The standard InChI is InChI=1S/C17H15ClN2O3/c1-23-16(21)7-11-6-14(10-19-9-11)20-5-4-12-8-13(18)2-3-15(12)17(20)22/h2-3,6,8-10H,4-5,7H2,1H3. The van der Waals surface area contributed by atoms with E-state index in [2.05, 4.69) is 9.72 Å². The van der Waals surface area contributed by atoms with E-state index in [0.717, 1.165) is 12.0 Å². The van der Waals surface area contributed by atoms with Gasteiger partial charge in [0.05, 0.1) is 25.4 Å². The van der Waals surface area contributed by atoms with Crippen molar-refractivity contribution in [3.05, 3.63) is 58.4 Å². The molecule has 2 heterocycles. The van der Waals surface area contributed by atoms with Crippen LogP contribution in [0.15, 0.2) is 36.7 Å². The summed E-state index contributed by atoms with van der Waals surface area (Å²) in [6.45, 7) is 0.551. The Balaban J connectivity index is 1.88. The molecule has 0 fully saturated rings. The molecule has 2 aromatic rings. The molecule has 0 N–H and O–H groups in total. The lowest BCUT2D eigenvalue weighted by atomic mass is 9.98. The zero-order chi connectivity index (χ0) is 16.4. The van der Waals surface area contributed by atoms with E-state index in [1.165, 1.54) is 7.11 Å². The quantitative estimate of drug-likeness (QED) is 0.812. The van der Waals surface area contributed by atoms with Crippen molar-refractivity contribution in [3.63, 3.8) is 0 Å². The Labute approximate surface area is 138 Å². The highest BCUT2D eigenvalue weighted by atomic mass is 35.5. The second-order valence-corrected chi connectivity index (χ2v) is 5.75. The minimum atomic E-state index is -0.339. The highest BCUT2D eigenvalue weighted by Gasteiger charge is 2.26. The number of hydrogen-bond acceptors (Lipinski definition) is 4. The van der Waals surface area contributed by atoms with Crippen molar-refractivity contribution >= 4 is 29.2 Å². The van der Waals surface area contributed by atoms with E-state index in [1.807, 2.05) is 6.07 Å². The van der Waals surface area contributed by atoms with Crippen LogP contribution in [0.25, 0.3) is 0 Å². The van der Waals surface area contributed by atoms with Crippen LogP contribution in [0.1, 0.15) is 21.5 Å². The number of carbonyl (C=O) groups is 2. The van der Waals surface area contributed by atoms with Gasteiger partial charge in [-0.15, -0.1) is 0 Å². The molecule has 0 bridgehead atoms. The minimum absolute atomic E-state index is 0.0834. The van der Waals surface area contributed by atoms with Gasteiger partial charge in [0.1, 0.15) is 0 Å². The van der Waals surface area contributed by atoms with Gasteiger partial charge < -0.3 is 9.64 Å². The zero-order valence-electron chi connectivity index (χ0n) is 12.6. The molecule has 5 nitrogen and oxygen atoms in total. The Morgan fingerprint density at radius 1 is 1.35 bits per heavy atom. The Morgan fingerprint density at radius 3 is 2.96 bits per heavy atom. The second-order valence-electron chi connectivity index (χ2n) is 5.31. The van der Waals surface area contributed by atoms with E-state index >= 15 is 0 Å². The lowest BCUT2D eigenvalue weighted by Gasteiger charge is -2.28. The van der Waals surface area contributed by atoms with Crippen LogP contribution in [-0.2, 0) is 22.4 Å². The number of hydrogen-bond donors (Lipinski definition) is 0. The number of aromatic nitrogens is 1. The topological polar surface area (TPSA) is 59.5 Å². The number of methoxy groups -OCH3 is 1. The van der Waals surface area contributed by atoms with Crippen molar-refractivity contribution in [1.29, 1.82) is 0 Å². The predicted octanol–water partition coefficient (Wildman–Crippen LogP) is 2.65. The van der Waals surface area contributed by atoms with Gasteiger partial charge in [0, 0.05) is 23.3 Å². The summed E-state index contributed by atoms with van der Waals surface area (Å²) >= 11 is 5.98. The van der Waals surface area contributed by atoms with Gasteiger partial charge in [-0.3, -0.25) is 14.6 Å². The fourth-order valence-corrected chi connectivity index (χ4v) is 2.85. The predicted molar refractivity (Wildman–Crippen MR) is 86.8 cm³/mol. The smallest absolute Gasteiger partial charge is 0.310 e. The summed E-state index contributed by atoms with van der Waals surface area (Å²) in [5.41, 5.74) is 3.00. The lowest BCUT2D eigenvalue weighted by Crippen LogP contribution is -2.37. The molecule has 0 aliphatic carbocycles. The number of carbonyl (C=O) groups excluding carboxylic acids is 2. The highest BCUT2D eigenvalue weighted by molar-refractivity contribution is 6.30. The van der Waals surface area contributed by atoms with Crippen LogP contribution in [0, 0.1) is 0 Å². The first-order valence-corrected chi connectivity index (χ1v) is 7.57. The summed E-state index contributed by atoms with van der Waals surface area (Å²) in [5, 5.41) is 0.631. The van der Waals surface area contributed by atoms with Gasteiger partial charge in [0.2, 0.25) is 0 Å². The van der Waals surface area contributed by atoms with E-state index < -0.39 is 0 Å². The SMILES string of the molecule is COC(=O)Cc1cncc(N2CCc3cc(Cl)ccc3C2=O)c1. The molecule has 0 atom stereocenters. The van der Waals surface area contributed by atoms with Crippen molar-refractivity contribution in [3.8, 4) is 0 Å². The van der Waals surface area contributed by atoms with Crippen LogP contribution in [0.4, 0.5) is 5.69 Å². The Kier molecular flexibility index (Phi) is 4.30. The van der Waals surface area contributed by atoms with E-state index in [0.29, 0.717) is 28.4 Å². The third-order valence-electron chi connectivity index (χ3n) is 3.82. The molecule has 1 aliphatic rings. The summed E-state index contributed by atoms with van der Waals surface area (Å²) in [4.78, 5) is 29.9. The zero-order valence-corrected chi connectivity index (χ0v) is 13.3. The molecule has 0 saturated carbocycles. The number of pyridine rings is 1. The first-order chi connectivity index (χ1) is 11.1. The average molecular weight is 331 g/mol. The number of fused-ring (bicyclic) bond motifs is 1. The van der Waals surface area contributed by atoms with Gasteiger partial charge in [-0.1, -0.05) is 11.6 Å². The summed E-state index contributed by atoms with van der Waals surface area (Å²) < 4.78 is 4.66. The molecular formula is C17H15ClN2O3. The molecule has 3 rings (SSSR count). The fraction of sp³-hybridized carbons (Fsp3) is 0.235. The molecule has 23 heavy (non-hydrogen) atoms. The van der Waals surface area contributed by atoms with Crippen LogP contribution in [0.3, 0.4) is 0 Å². The maximum Gasteiger partial charge on any atom is 0.310 e. The number of nitrogens with zero attached hydrogens (tertiary/aromatic N) is 2. The van der Waals surface area contributed by atoms with Crippen LogP contribution in [0.5, 0.6) is 0 Å². The summed E-state index contributed by atoms with van der Waals surface area (Å²) in [7, 11) is 1.34. The molecule has 0 unspecified atom stereocenters. The Hall–Kier alpha value is -2.40. The molecule has 6 heteroatoms. The van der Waals surface area contributed by atoms with E-state index in [-0.39, 0.29) is 18.3 Å². The first-order valence-electron chi connectivity index (χ1n) is 7.19. The first kappa shape index (κ1) is 15.5. The summed E-state index contributed by atoms with van der Waals surface area (Å²) in [6.07, 6.45) is 4.08. The van der Waals surface area contributed by atoms with Crippen molar-refractivity contribution in [1.82, 2.24) is 4.98 Å². The minimum Gasteiger partial charge on any atom is -0.469 e. The highest BCUT2D eigenvalue weighted by Crippen LogP contribution is 2.26. The van der Waals surface area contributed by atoms with Crippen molar-refractivity contribution < 1.29 is 14.3 Å². The molecule has 118 valence electrons. The number of anilines is 1. The largest absolute Gasteiger partial charge is 0.469 e. The van der Waals surface area contributed by atoms with Gasteiger partial charge in [-0.25, -0.2) is 0 Å². The maximum absolute atomic E-state index is 12.7. The van der Waals surface area contributed by atoms with Gasteiger partial charge in [0.25, 0.3) is 5.91 Å². The van der Waals surface area contributed by atoms with Gasteiger partial charge in [0.15, 0.2) is 0 Å². The second kappa shape index (κ2) is 6.38. The molecule has 0 saturated heterocycles. The number of benzene rings is 1. The maximum atomic E-state index is 12.7. The molecular weight excluding hydrogens is 316 g/mol. The molecule has 0 spiro atoms. The molecule has 1 amide bonds. The normalized spacial score (nSPS) is 13.7. The van der Waals surface area contributed by atoms with Crippen molar-refractivity contribution in [2.75, 3.05) is 18.6 Å². The molecule has 1 aromatic heterocycles. The van der Waals surface area contributed by atoms with Gasteiger partial charge in [-0.2, -0.15) is 0 Å². The summed E-state index contributed by atoms with van der Waals surface area (Å²) in [5.74, 6) is -0.422. The van der Waals surface area contributed by atoms with Crippen LogP contribution >= 0.6 is 11.6 Å². The van der Waals surface area contributed by atoms with E-state index in [4.69, 9.17) is 11.6 Å². The van der Waals surface area contributed by atoms with Crippen LogP contribution in [0.2, 0.25) is 5.02 Å². The fourth-order valence-electron chi connectivity index (χ4n) is 2.66. The van der Waals surface area contributed by atoms with Crippen molar-refractivity contribution in [2.24, 2.45) is 0 Å². The van der Waals surface area contributed by atoms with E-state index in [9.17, 15) is 9.59 Å². The third kappa shape index (κ3) is 3.19. The molecule has 1 aromatic carbocycles. The van der Waals surface area contributed by atoms with Gasteiger partial charge >= 0.3 is 5.97 Å². The van der Waals surface area contributed by atoms with Crippen molar-refractivity contribution in [2.45, 2.75) is 12.8 Å². The number of esters is 1. The lowest BCUT2D eigenvalue weighted by molar-refractivity contribution is -0.139. The molecule has 0 radical (unpaired) electrons. The summed E-state index contributed by atoms with van der Waals surface area (Å²) in [6, 6.07) is 7.09. The number of amides is 1. The Morgan fingerprint density at radius 2 is 2.17 bits per heavy atom. The van der Waals surface area contributed by atoms with Crippen LogP contribution < -0.4 is 4.90 Å². The number of ether oxygens (including phenoxy) is 1. The number of halogens is 1. The van der Waals surface area contributed by atoms with Gasteiger partial charge in [-0.05, 0) is 41.8 Å². The average Bonchev–Trinajstić information content (AvgIpc) is 2.55. The van der Waals surface area contributed by atoms with Crippen LogP contribution in [-0.4, -0.2) is 30.5 Å².